The molecule has 11 heteroatoms. The van der Waals surface area contributed by atoms with Crippen molar-refractivity contribution in [3.05, 3.63) is 63.1 Å². The first-order chi connectivity index (χ1) is 13.5. The summed E-state index contributed by atoms with van der Waals surface area (Å²) in [6.45, 7) is 1.10. The van der Waals surface area contributed by atoms with Gasteiger partial charge in [0.25, 0.3) is 0 Å². The van der Waals surface area contributed by atoms with Gasteiger partial charge in [-0.3, -0.25) is 4.57 Å². The van der Waals surface area contributed by atoms with Crippen LogP contribution in [-0.2, 0) is 21.1 Å². The van der Waals surface area contributed by atoms with Gasteiger partial charge in [0.05, 0.1) is 11.1 Å². The quantitative estimate of drug-likeness (QED) is 0.550. The van der Waals surface area contributed by atoms with Crippen LogP contribution in [-0.4, -0.2) is 49.4 Å². The molecule has 29 heavy (non-hydrogen) atoms. The molecule has 0 saturated heterocycles. The molecule has 1 atom stereocenters. The van der Waals surface area contributed by atoms with Crippen LogP contribution >= 0.6 is 30.8 Å². The molecule has 158 valence electrons. The van der Waals surface area contributed by atoms with Crippen molar-refractivity contribution in [3.63, 3.8) is 0 Å². The number of hydrogen-bond donors (Lipinski definition) is 3. The number of nitrogens with one attached hydrogen (secondary N) is 1. The van der Waals surface area contributed by atoms with E-state index in [1.807, 2.05) is 13.1 Å². The number of benzene rings is 2. The normalized spacial score (nSPS) is 17.9. The van der Waals surface area contributed by atoms with E-state index in [2.05, 4.69) is 9.62 Å². The van der Waals surface area contributed by atoms with E-state index in [1.54, 1.807) is 18.2 Å². The summed E-state index contributed by atoms with van der Waals surface area (Å²) >= 11 is 12.6. The van der Waals surface area contributed by atoms with Gasteiger partial charge in [-0.2, -0.15) is 0 Å². The predicted octanol–water partition coefficient (Wildman–Crippen LogP) is 3.03. The highest BCUT2D eigenvalue weighted by Gasteiger charge is 2.27. The van der Waals surface area contributed by atoms with E-state index in [0.717, 1.165) is 23.2 Å². The molecule has 0 aliphatic carbocycles. The van der Waals surface area contributed by atoms with Gasteiger partial charge in [0.1, 0.15) is 0 Å². The SMILES string of the molecule is CN1Cc2c(Cl)cc(Cl)cc2C(c2ccc(S(=O)(=O)NCCP(=O)(O)O)cc2)C1. The van der Waals surface area contributed by atoms with Crippen LogP contribution in [0.4, 0.5) is 0 Å². The minimum Gasteiger partial charge on any atom is -0.324 e. The minimum absolute atomic E-state index is 0.0145. The molecule has 1 aliphatic rings. The molecule has 3 rings (SSSR count). The summed E-state index contributed by atoms with van der Waals surface area (Å²) in [6, 6.07) is 10.1. The lowest BCUT2D eigenvalue weighted by Gasteiger charge is -2.33. The maximum absolute atomic E-state index is 12.3. The minimum atomic E-state index is -4.27. The van der Waals surface area contributed by atoms with Crippen molar-refractivity contribution in [1.82, 2.24) is 9.62 Å². The molecule has 0 bridgehead atoms. The largest absolute Gasteiger partial charge is 0.326 e. The van der Waals surface area contributed by atoms with Crippen molar-refractivity contribution in [2.45, 2.75) is 17.4 Å². The molecule has 0 spiro atoms. The number of hydrogen-bond acceptors (Lipinski definition) is 4. The number of halogens is 2. The van der Waals surface area contributed by atoms with Crippen LogP contribution in [0.3, 0.4) is 0 Å². The molecule has 3 N–H and O–H groups in total. The molecule has 1 heterocycles. The molecule has 1 aliphatic heterocycles. The van der Waals surface area contributed by atoms with Crippen molar-refractivity contribution >= 4 is 40.8 Å². The van der Waals surface area contributed by atoms with Gasteiger partial charge in [-0.1, -0.05) is 35.3 Å². The molecule has 7 nitrogen and oxygen atoms in total. The Morgan fingerprint density at radius 2 is 1.86 bits per heavy atom. The summed E-state index contributed by atoms with van der Waals surface area (Å²) in [5.74, 6) is -0.0145. The zero-order chi connectivity index (χ0) is 21.4. The fourth-order valence-electron chi connectivity index (χ4n) is 3.42. The standard InChI is InChI=1S/C18H21Cl2N2O5PS/c1-22-10-16(15-8-13(19)9-18(20)17(15)11-22)12-2-4-14(5-3-12)29(26,27)21-6-7-28(23,24)25/h2-5,8-9,16,21H,6-7,10-11H2,1H3,(H2,23,24,25). The molecule has 2 aromatic rings. The predicted molar refractivity (Wildman–Crippen MR) is 113 cm³/mol. The maximum Gasteiger partial charge on any atom is 0.326 e. The van der Waals surface area contributed by atoms with E-state index in [0.29, 0.717) is 16.6 Å². The van der Waals surface area contributed by atoms with Crippen LogP contribution in [0.15, 0.2) is 41.3 Å². The third-order valence-corrected chi connectivity index (χ3v) is 7.62. The summed E-state index contributed by atoms with van der Waals surface area (Å²) in [5, 5.41) is 1.16. The Morgan fingerprint density at radius 1 is 1.21 bits per heavy atom. The molecular formula is C18H21Cl2N2O5PS. The van der Waals surface area contributed by atoms with E-state index < -0.39 is 23.8 Å². The smallest absolute Gasteiger partial charge is 0.324 e. The lowest BCUT2D eigenvalue weighted by molar-refractivity contribution is 0.295. The van der Waals surface area contributed by atoms with Gasteiger partial charge in [0.15, 0.2) is 0 Å². The summed E-state index contributed by atoms with van der Waals surface area (Å²) in [7, 11) is -6.14. The highest BCUT2D eigenvalue weighted by atomic mass is 35.5. The molecule has 0 amide bonds. The van der Waals surface area contributed by atoms with Crippen molar-refractivity contribution in [2.75, 3.05) is 26.3 Å². The van der Waals surface area contributed by atoms with Crippen LogP contribution in [0.2, 0.25) is 10.0 Å². The second-order valence-electron chi connectivity index (χ2n) is 7.06. The van der Waals surface area contributed by atoms with Gasteiger partial charge in [0.2, 0.25) is 10.0 Å². The highest BCUT2D eigenvalue weighted by Crippen LogP contribution is 2.38. The van der Waals surface area contributed by atoms with Crippen molar-refractivity contribution in [1.29, 1.82) is 0 Å². The lowest BCUT2D eigenvalue weighted by Crippen LogP contribution is -2.31. The van der Waals surface area contributed by atoms with Crippen LogP contribution < -0.4 is 4.72 Å². The van der Waals surface area contributed by atoms with Crippen molar-refractivity contribution in [2.24, 2.45) is 0 Å². The third kappa shape index (κ3) is 5.60. The Labute approximate surface area is 179 Å². The monoisotopic (exact) mass is 478 g/mol. The second-order valence-corrected chi connectivity index (χ2v) is 11.4. The first-order valence-corrected chi connectivity index (χ1v) is 12.8. The van der Waals surface area contributed by atoms with Gasteiger partial charge in [-0.05, 0) is 48.0 Å². The Hall–Kier alpha value is -0.960. The third-order valence-electron chi connectivity index (χ3n) is 4.78. The number of likely N-dealkylation sites (N-methyl/N-ethyl adjacent to an activating group) is 1. The first kappa shape index (κ1) is 22.7. The van der Waals surface area contributed by atoms with Gasteiger partial charge in [-0.25, -0.2) is 13.1 Å². The van der Waals surface area contributed by atoms with Gasteiger partial charge >= 0.3 is 7.60 Å². The van der Waals surface area contributed by atoms with Crippen LogP contribution in [0.1, 0.15) is 22.6 Å². The van der Waals surface area contributed by atoms with Crippen LogP contribution in [0.25, 0.3) is 0 Å². The summed E-state index contributed by atoms with van der Waals surface area (Å²) in [5.41, 5.74) is 2.95. The number of sulfonamides is 1. The van der Waals surface area contributed by atoms with E-state index in [1.165, 1.54) is 12.1 Å². The molecule has 0 aromatic heterocycles. The Bertz CT molecular complexity index is 1060. The second kappa shape index (κ2) is 8.65. The van der Waals surface area contributed by atoms with Crippen LogP contribution in [0.5, 0.6) is 0 Å². The number of rotatable bonds is 6. The molecule has 1 unspecified atom stereocenters. The fraction of sp³-hybridized carbons (Fsp3) is 0.333. The summed E-state index contributed by atoms with van der Waals surface area (Å²) in [6.07, 6.45) is -0.559. The molecule has 0 radical (unpaired) electrons. The molecule has 0 saturated carbocycles. The average molecular weight is 479 g/mol. The van der Waals surface area contributed by atoms with E-state index in [4.69, 9.17) is 33.0 Å². The summed E-state index contributed by atoms with van der Waals surface area (Å²) in [4.78, 5) is 19.9. The first-order valence-electron chi connectivity index (χ1n) is 8.77. The highest BCUT2D eigenvalue weighted by molar-refractivity contribution is 7.89. The van der Waals surface area contributed by atoms with E-state index in [-0.39, 0.29) is 17.4 Å². The zero-order valence-corrected chi connectivity index (χ0v) is 18.8. The average Bonchev–Trinajstić information content (AvgIpc) is 2.61. The molecule has 2 aromatic carbocycles. The van der Waals surface area contributed by atoms with E-state index in [9.17, 15) is 13.0 Å². The van der Waals surface area contributed by atoms with E-state index >= 15 is 0 Å². The topological polar surface area (TPSA) is 107 Å². The van der Waals surface area contributed by atoms with Crippen LogP contribution in [0, 0.1) is 0 Å². The summed E-state index contributed by atoms with van der Waals surface area (Å²) < 4.78 is 37.8. The maximum atomic E-state index is 12.3. The Balaban J connectivity index is 1.85. The van der Waals surface area contributed by atoms with Gasteiger partial charge < -0.3 is 14.7 Å². The Morgan fingerprint density at radius 3 is 2.48 bits per heavy atom. The number of fused-ring (bicyclic) bond motifs is 1. The molecular weight excluding hydrogens is 458 g/mol. The Kier molecular flexibility index (Phi) is 6.78. The molecule has 0 fully saturated rings. The van der Waals surface area contributed by atoms with Gasteiger partial charge in [0, 0.05) is 35.6 Å². The van der Waals surface area contributed by atoms with Crippen molar-refractivity contribution in [3.8, 4) is 0 Å². The van der Waals surface area contributed by atoms with Gasteiger partial charge in [-0.15, -0.1) is 0 Å². The fourth-order valence-corrected chi connectivity index (χ4v) is 5.57. The lowest BCUT2D eigenvalue weighted by atomic mass is 9.85. The van der Waals surface area contributed by atoms with Crippen molar-refractivity contribution < 1.29 is 22.8 Å². The zero-order valence-electron chi connectivity index (χ0n) is 15.5. The number of nitrogens with zero attached hydrogens (tertiary/aromatic N) is 1.